The molecule has 0 aliphatic carbocycles. The Morgan fingerprint density at radius 1 is 1.38 bits per heavy atom. The molecule has 8 nitrogen and oxygen atoms in total. The summed E-state index contributed by atoms with van der Waals surface area (Å²) in [6.07, 6.45) is 2.76. The smallest absolute Gasteiger partial charge is 0.293 e. The number of aromatic nitrogens is 2. The lowest BCUT2D eigenvalue weighted by molar-refractivity contribution is -0.384. The Morgan fingerprint density at radius 3 is 2.73 bits per heavy atom. The van der Waals surface area contributed by atoms with Gasteiger partial charge in [0.05, 0.1) is 4.92 Å². The van der Waals surface area contributed by atoms with E-state index in [1.807, 2.05) is 11.8 Å². The van der Waals surface area contributed by atoms with Crippen LogP contribution < -0.4 is 10.2 Å². The van der Waals surface area contributed by atoms with E-state index in [-0.39, 0.29) is 11.3 Å². The maximum atomic E-state index is 12.4. The van der Waals surface area contributed by atoms with Crippen LogP contribution in [0, 0.1) is 16.0 Å². The minimum absolute atomic E-state index is 0.0429. The van der Waals surface area contributed by atoms with E-state index < -0.39 is 10.8 Å². The monoisotopic (exact) mass is 375 g/mol. The molecule has 1 aromatic heterocycles. The average molecular weight is 375 g/mol. The zero-order valence-electron chi connectivity index (χ0n) is 14.8. The zero-order valence-corrected chi connectivity index (χ0v) is 15.6. The van der Waals surface area contributed by atoms with Crippen LogP contribution in [0.1, 0.15) is 42.1 Å². The van der Waals surface area contributed by atoms with Crippen LogP contribution in [0.4, 0.5) is 16.5 Å². The van der Waals surface area contributed by atoms with E-state index in [4.69, 9.17) is 0 Å². The SMILES string of the molecule is CCc1nnc(NC(=O)c2ccc(N3CCC(C)CC3)c([N+](=O)[O-])c2)s1. The van der Waals surface area contributed by atoms with Gasteiger partial charge in [-0.25, -0.2) is 0 Å². The number of carbonyl (C=O) groups excluding carboxylic acids is 1. The molecule has 9 heteroatoms. The number of rotatable bonds is 5. The first-order chi connectivity index (χ1) is 12.5. The third-order valence-corrected chi connectivity index (χ3v) is 5.53. The number of nitrogens with one attached hydrogen (secondary N) is 1. The summed E-state index contributed by atoms with van der Waals surface area (Å²) >= 11 is 1.30. The normalized spacial score (nSPS) is 15.1. The van der Waals surface area contributed by atoms with Gasteiger partial charge in [0, 0.05) is 24.7 Å². The summed E-state index contributed by atoms with van der Waals surface area (Å²) in [5.41, 5.74) is 0.764. The zero-order chi connectivity index (χ0) is 18.7. The van der Waals surface area contributed by atoms with Gasteiger partial charge in [-0.15, -0.1) is 10.2 Å². The van der Waals surface area contributed by atoms with Gasteiger partial charge in [0.25, 0.3) is 11.6 Å². The van der Waals surface area contributed by atoms with E-state index in [1.165, 1.54) is 17.4 Å². The Labute approximate surface area is 155 Å². The van der Waals surface area contributed by atoms with Crippen molar-refractivity contribution in [3.8, 4) is 0 Å². The topological polar surface area (TPSA) is 101 Å². The largest absolute Gasteiger partial charge is 0.366 e. The fraction of sp³-hybridized carbons (Fsp3) is 0.471. The standard InChI is InChI=1S/C17H21N5O3S/c1-3-15-19-20-17(26-15)18-16(23)12-4-5-13(14(10-12)22(24)25)21-8-6-11(2)7-9-21/h4-5,10-11H,3,6-9H2,1-2H3,(H,18,20,23). The summed E-state index contributed by atoms with van der Waals surface area (Å²) in [5.74, 6) is 0.209. The number of aryl methyl sites for hydroxylation is 1. The Balaban J connectivity index is 1.81. The maximum Gasteiger partial charge on any atom is 0.293 e. The molecule has 0 unspecified atom stereocenters. The van der Waals surface area contributed by atoms with Crippen LogP contribution in [-0.2, 0) is 6.42 Å². The molecule has 0 atom stereocenters. The average Bonchev–Trinajstić information content (AvgIpc) is 3.09. The van der Waals surface area contributed by atoms with Crippen LogP contribution in [0.25, 0.3) is 0 Å². The van der Waals surface area contributed by atoms with Crippen molar-refractivity contribution in [3.05, 3.63) is 38.9 Å². The lowest BCUT2D eigenvalue weighted by Gasteiger charge is -2.31. The Bertz CT molecular complexity index is 814. The molecule has 0 radical (unpaired) electrons. The molecule has 1 aromatic carbocycles. The minimum Gasteiger partial charge on any atom is -0.366 e. The van der Waals surface area contributed by atoms with E-state index in [2.05, 4.69) is 22.4 Å². The van der Waals surface area contributed by atoms with Crippen LogP contribution in [0.2, 0.25) is 0 Å². The number of amides is 1. The van der Waals surface area contributed by atoms with Gasteiger partial charge in [-0.2, -0.15) is 0 Å². The molecule has 138 valence electrons. The van der Waals surface area contributed by atoms with E-state index in [9.17, 15) is 14.9 Å². The number of nitro groups is 1. The molecular formula is C17H21N5O3S. The summed E-state index contributed by atoms with van der Waals surface area (Å²) in [7, 11) is 0. The lowest BCUT2D eigenvalue weighted by Crippen LogP contribution is -2.33. The van der Waals surface area contributed by atoms with Crippen molar-refractivity contribution < 1.29 is 9.72 Å². The van der Waals surface area contributed by atoms with E-state index in [0.717, 1.165) is 37.4 Å². The van der Waals surface area contributed by atoms with Crippen molar-refractivity contribution in [2.24, 2.45) is 5.92 Å². The molecule has 1 aliphatic rings. The van der Waals surface area contributed by atoms with Gasteiger partial charge < -0.3 is 4.90 Å². The van der Waals surface area contributed by atoms with Gasteiger partial charge >= 0.3 is 0 Å². The van der Waals surface area contributed by atoms with Gasteiger partial charge in [-0.1, -0.05) is 25.2 Å². The van der Waals surface area contributed by atoms with Gasteiger partial charge in [0.15, 0.2) is 0 Å². The predicted octanol–water partition coefficient (Wildman–Crippen LogP) is 3.50. The summed E-state index contributed by atoms with van der Waals surface area (Å²) in [5, 5.41) is 23.2. The molecule has 2 heterocycles. The molecule has 1 fully saturated rings. The van der Waals surface area contributed by atoms with Crippen molar-refractivity contribution in [1.29, 1.82) is 0 Å². The summed E-state index contributed by atoms with van der Waals surface area (Å²) < 4.78 is 0. The van der Waals surface area contributed by atoms with Crippen LogP contribution in [0.3, 0.4) is 0 Å². The Hall–Kier alpha value is -2.55. The van der Waals surface area contributed by atoms with Crippen LogP contribution in [0.15, 0.2) is 18.2 Å². The molecule has 0 bridgehead atoms. The number of anilines is 2. The van der Waals surface area contributed by atoms with Crippen molar-refractivity contribution in [2.75, 3.05) is 23.3 Å². The van der Waals surface area contributed by atoms with Gasteiger partial charge in [0.2, 0.25) is 5.13 Å². The lowest BCUT2D eigenvalue weighted by atomic mass is 9.98. The van der Waals surface area contributed by atoms with Crippen LogP contribution >= 0.6 is 11.3 Å². The molecule has 0 spiro atoms. The second-order valence-electron chi connectivity index (χ2n) is 6.44. The number of piperidine rings is 1. The van der Waals surface area contributed by atoms with Crippen molar-refractivity contribution in [2.45, 2.75) is 33.1 Å². The first kappa shape index (κ1) is 18.2. The molecule has 2 aromatic rings. The van der Waals surface area contributed by atoms with Gasteiger partial charge in [-0.3, -0.25) is 20.2 Å². The second kappa shape index (κ2) is 7.77. The molecule has 0 saturated carbocycles. The number of hydrogen-bond donors (Lipinski definition) is 1. The third-order valence-electron chi connectivity index (χ3n) is 4.55. The molecule has 3 rings (SSSR count). The molecule has 1 N–H and O–H groups in total. The summed E-state index contributed by atoms with van der Waals surface area (Å²) in [4.78, 5) is 25.5. The quantitative estimate of drug-likeness (QED) is 0.634. The number of benzene rings is 1. The van der Waals surface area contributed by atoms with Gasteiger partial charge in [-0.05, 0) is 37.3 Å². The molecule has 26 heavy (non-hydrogen) atoms. The highest BCUT2D eigenvalue weighted by atomic mass is 32.1. The Morgan fingerprint density at radius 2 is 2.12 bits per heavy atom. The van der Waals surface area contributed by atoms with E-state index in [0.29, 0.717) is 16.7 Å². The highest BCUT2D eigenvalue weighted by Crippen LogP contribution is 2.32. The molecule has 1 saturated heterocycles. The van der Waals surface area contributed by atoms with E-state index in [1.54, 1.807) is 12.1 Å². The first-order valence-electron chi connectivity index (χ1n) is 8.65. The van der Waals surface area contributed by atoms with E-state index >= 15 is 0 Å². The highest BCUT2D eigenvalue weighted by molar-refractivity contribution is 7.15. The number of carbonyl (C=O) groups is 1. The van der Waals surface area contributed by atoms with Crippen molar-refractivity contribution in [1.82, 2.24) is 10.2 Å². The van der Waals surface area contributed by atoms with Crippen molar-refractivity contribution >= 4 is 33.8 Å². The highest BCUT2D eigenvalue weighted by Gasteiger charge is 2.25. The van der Waals surface area contributed by atoms with Gasteiger partial charge in [0.1, 0.15) is 10.7 Å². The number of nitrogens with zero attached hydrogens (tertiary/aromatic N) is 4. The Kier molecular flexibility index (Phi) is 5.46. The fourth-order valence-electron chi connectivity index (χ4n) is 2.94. The first-order valence-corrected chi connectivity index (χ1v) is 9.46. The van der Waals surface area contributed by atoms with Crippen LogP contribution in [0.5, 0.6) is 0 Å². The summed E-state index contributed by atoms with van der Waals surface area (Å²) in [6.45, 7) is 5.72. The molecule has 1 aliphatic heterocycles. The molecular weight excluding hydrogens is 354 g/mol. The molecule has 1 amide bonds. The van der Waals surface area contributed by atoms with Crippen LogP contribution in [-0.4, -0.2) is 34.1 Å². The predicted molar refractivity (Wildman–Crippen MR) is 101 cm³/mol. The fourth-order valence-corrected chi connectivity index (χ4v) is 3.62. The van der Waals surface area contributed by atoms with Crippen molar-refractivity contribution in [3.63, 3.8) is 0 Å². The number of nitro benzene ring substituents is 1. The number of hydrogen-bond acceptors (Lipinski definition) is 7. The summed E-state index contributed by atoms with van der Waals surface area (Å²) in [6, 6.07) is 4.63. The third kappa shape index (κ3) is 3.98. The minimum atomic E-state index is -0.426. The maximum absolute atomic E-state index is 12.4. The second-order valence-corrected chi connectivity index (χ2v) is 7.50.